The van der Waals surface area contributed by atoms with E-state index in [1.165, 1.54) is 11.1 Å². The molecule has 0 atom stereocenters. The van der Waals surface area contributed by atoms with Gasteiger partial charge in [0.25, 0.3) is 0 Å². The fraction of sp³-hybridized carbons (Fsp3) is 0.333. The maximum Gasteiger partial charge on any atom is 0.121 e. The minimum atomic E-state index is 0.956. The fourth-order valence-electron chi connectivity index (χ4n) is 1.57. The van der Waals surface area contributed by atoms with E-state index in [4.69, 9.17) is 9.47 Å². The molecule has 2 aromatic rings. The number of hydrogen-bond acceptors (Lipinski definition) is 2. The van der Waals surface area contributed by atoms with Gasteiger partial charge in [-0.2, -0.15) is 0 Å². The topological polar surface area (TPSA) is 18.5 Å². The maximum absolute atomic E-state index is 5.04. The Balaban J connectivity index is 0.000000321. The molecule has 0 aliphatic carbocycles. The second-order valence-electron chi connectivity index (χ2n) is 3.94. The van der Waals surface area contributed by atoms with Crippen LogP contribution >= 0.6 is 0 Å². The monoisotopic (exact) mass is 274 g/mol. The summed E-state index contributed by atoms with van der Waals surface area (Å²) in [6.07, 6.45) is 0. The second kappa shape index (κ2) is 10.9. The van der Waals surface area contributed by atoms with Gasteiger partial charge in [-0.25, -0.2) is 0 Å². The average Bonchev–Trinajstić information content (AvgIpc) is 2.51. The molecule has 0 aliphatic heterocycles. The highest BCUT2D eigenvalue weighted by atomic mass is 16.5. The molecule has 0 amide bonds. The Kier molecular flexibility index (Phi) is 9.85. The number of benzene rings is 2. The first-order chi connectivity index (χ1) is 9.69. The lowest BCUT2D eigenvalue weighted by atomic mass is 10.2. The number of para-hydroxylation sites is 2. The molecular formula is C18H26O2. The predicted octanol–water partition coefficient (Wildman–Crippen LogP) is 5.03. The smallest absolute Gasteiger partial charge is 0.121 e. The first kappa shape index (κ1) is 18.0. The normalized spacial score (nSPS) is 8.50. The van der Waals surface area contributed by atoms with Crippen LogP contribution < -0.4 is 9.47 Å². The highest BCUT2D eigenvalue weighted by molar-refractivity contribution is 5.32. The lowest BCUT2D eigenvalue weighted by Crippen LogP contribution is -1.84. The summed E-state index contributed by atoms with van der Waals surface area (Å²) in [4.78, 5) is 0. The van der Waals surface area contributed by atoms with Crippen LogP contribution in [-0.2, 0) is 0 Å². The highest BCUT2D eigenvalue weighted by Gasteiger charge is 1.91. The van der Waals surface area contributed by atoms with Crippen LogP contribution in [0.4, 0.5) is 0 Å². The lowest BCUT2D eigenvalue weighted by Gasteiger charge is -2.00. The molecule has 0 saturated heterocycles. The van der Waals surface area contributed by atoms with Crippen LogP contribution in [0, 0.1) is 13.8 Å². The molecule has 20 heavy (non-hydrogen) atoms. The minimum Gasteiger partial charge on any atom is -0.496 e. The van der Waals surface area contributed by atoms with Gasteiger partial charge in [-0.15, -0.1) is 0 Å². The number of hydrogen-bond donors (Lipinski definition) is 0. The van der Waals surface area contributed by atoms with Crippen LogP contribution in [0.15, 0.2) is 48.5 Å². The molecule has 0 aromatic heterocycles. The van der Waals surface area contributed by atoms with Gasteiger partial charge >= 0.3 is 0 Å². The largest absolute Gasteiger partial charge is 0.496 e. The van der Waals surface area contributed by atoms with Crippen LogP contribution in [0.1, 0.15) is 25.0 Å². The first-order valence-electron chi connectivity index (χ1n) is 6.88. The summed E-state index contributed by atoms with van der Waals surface area (Å²) in [6.45, 7) is 8.05. The van der Waals surface area contributed by atoms with E-state index >= 15 is 0 Å². The Labute approximate surface area is 123 Å². The van der Waals surface area contributed by atoms with Crippen molar-refractivity contribution in [3.63, 3.8) is 0 Å². The zero-order valence-corrected chi connectivity index (χ0v) is 13.4. The molecule has 0 saturated carbocycles. The first-order valence-corrected chi connectivity index (χ1v) is 6.88. The van der Waals surface area contributed by atoms with Gasteiger partial charge in [-0.3, -0.25) is 0 Å². The zero-order valence-electron chi connectivity index (χ0n) is 13.4. The summed E-state index contributed by atoms with van der Waals surface area (Å²) in [5, 5.41) is 0. The lowest BCUT2D eigenvalue weighted by molar-refractivity contribution is 0.411. The van der Waals surface area contributed by atoms with Crippen molar-refractivity contribution in [2.24, 2.45) is 0 Å². The molecule has 2 nitrogen and oxygen atoms in total. The molecule has 110 valence electrons. The van der Waals surface area contributed by atoms with Gasteiger partial charge in [0.05, 0.1) is 14.2 Å². The summed E-state index contributed by atoms with van der Waals surface area (Å²) in [6, 6.07) is 15.9. The van der Waals surface area contributed by atoms with Crippen LogP contribution in [0.5, 0.6) is 11.5 Å². The number of rotatable bonds is 2. The molecule has 0 spiro atoms. The van der Waals surface area contributed by atoms with Gasteiger partial charge in [0, 0.05) is 0 Å². The molecule has 0 fully saturated rings. The fourth-order valence-corrected chi connectivity index (χ4v) is 1.57. The van der Waals surface area contributed by atoms with Crippen molar-refractivity contribution in [1.29, 1.82) is 0 Å². The van der Waals surface area contributed by atoms with E-state index in [0.717, 1.165) is 11.5 Å². The SMILES string of the molecule is CC.COc1ccccc1C.COc1ccccc1C. The average molecular weight is 274 g/mol. The third kappa shape index (κ3) is 6.28. The van der Waals surface area contributed by atoms with Crippen molar-refractivity contribution >= 4 is 0 Å². The van der Waals surface area contributed by atoms with Crippen molar-refractivity contribution in [3.05, 3.63) is 59.7 Å². The second-order valence-corrected chi connectivity index (χ2v) is 3.94. The number of aryl methyl sites for hydroxylation is 2. The zero-order chi connectivity index (χ0) is 15.4. The summed E-state index contributed by atoms with van der Waals surface area (Å²) >= 11 is 0. The molecular weight excluding hydrogens is 248 g/mol. The molecule has 2 heteroatoms. The summed E-state index contributed by atoms with van der Waals surface area (Å²) in [5.74, 6) is 1.91. The Morgan fingerprint density at radius 1 is 0.600 bits per heavy atom. The van der Waals surface area contributed by atoms with Crippen molar-refractivity contribution in [3.8, 4) is 11.5 Å². The van der Waals surface area contributed by atoms with Gasteiger partial charge in [-0.1, -0.05) is 50.2 Å². The minimum absolute atomic E-state index is 0.956. The molecule has 0 heterocycles. The molecule has 0 unspecified atom stereocenters. The van der Waals surface area contributed by atoms with E-state index < -0.39 is 0 Å². The Morgan fingerprint density at radius 2 is 0.900 bits per heavy atom. The van der Waals surface area contributed by atoms with E-state index in [1.54, 1.807) is 14.2 Å². The van der Waals surface area contributed by atoms with Gasteiger partial charge < -0.3 is 9.47 Å². The van der Waals surface area contributed by atoms with Crippen molar-refractivity contribution in [2.45, 2.75) is 27.7 Å². The molecule has 0 radical (unpaired) electrons. The van der Waals surface area contributed by atoms with Crippen LogP contribution in [0.25, 0.3) is 0 Å². The summed E-state index contributed by atoms with van der Waals surface area (Å²) < 4.78 is 10.1. The van der Waals surface area contributed by atoms with Gasteiger partial charge in [0.15, 0.2) is 0 Å². The van der Waals surface area contributed by atoms with Crippen LogP contribution in [0.2, 0.25) is 0 Å². The summed E-state index contributed by atoms with van der Waals surface area (Å²) in [5.41, 5.74) is 2.36. The van der Waals surface area contributed by atoms with Crippen molar-refractivity contribution in [2.75, 3.05) is 14.2 Å². The highest BCUT2D eigenvalue weighted by Crippen LogP contribution is 2.15. The van der Waals surface area contributed by atoms with E-state index in [2.05, 4.69) is 0 Å². The van der Waals surface area contributed by atoms with E-state index in [1.807, 2.05) is 76.2 Å². The molecule has 0 bridgehead atoms. The third-order valence-corrected chi connectivity index (χ3v) is 2.63. The predicted molar refractivity (Wildman–Crippen MR) is 86.8 cm³/mol. The molecule has 2 rings (SSSR count). The van der Waals surface area contributed by atoms with E-state index in [0.29, 0.717) is 0 Å². The van der Waals surface area contributed by atoms with Crippen LogP contribution in [-0.4, -0.2) is 14.2 Å². The number of ether oxygens (including phenoxy) is 2. The molecule has 2 aromatic carbocycles. The van der Waals surface area contributed by atoms with Crippen molar-refractivity contribution < 1.29 is 9.47 Å². The van der Waals surface area contributed by atoms with E-state index in [-0.39, 0.29) is 0 Å². The molecule has 0 aliphatic rings. The third-order valence-electron chi connectivity index (χ3n) is 2.63. The maximum atomic E-state index is 5.04. The van der Waals surface area contributed by atoms with Crippen molar-refractivity contribution in [1.82, 2.24) is 0 Å². The Bertz CT molecular complexity index is 433. The number of methoxy groups -OCH3 is 2. The van der Waals surface area contributed by atoms with Gasteiger partial charge in [-0.05, 0) is 37.1 Å². The standard InChI is InChI=1S/2C8H10O.C2H6/c2*1-7-5-3-4-6-8(7)9-2;1-2/h2*3-6H,1-2H3;1-2H3. The quantitative estimate of drug-likeness (QED) is 0.764. The Hall–Kier alpha value is -1.96. The Morgan fingerprint density at radius 3 is 1.10 bits per heavy atom. The van der Waals surface area contributed by atoms with Gasteiger partial charge in [0.1, 0.15) is 11.5 Å². The summed E-state index contributed by atoms with van der Waals surface area (Å²) in [7, 11) is 3.37. The van der Waals surface area contributed by atoms with E-state index in [9.17, 15) is 0 Å². The van der Waals surface area contributed by atoms with Gasteiger partial charge in [0.2, 0.25) is 0 Å². The molecule has 0 N–H and O–H groups in total. The van der Waals surface area contributed by atoms with Crippen LogP contribution in [0.3, 0.4) is 0 Å².